The molecule has 0 radical (unpaired) electrons. The number of halogens is 1. The summed E-state index contributed by atoms with van der Waals surface area (Å²) < 4.78 is 11.8. The Balaban J connectivity index is 2.09. The zero-order valence-electron chi connectivity index (χ0n) is 9.16. The number of piperidine rings is 1. The molecule has 0 amide bonds. The van der Waals surface area contributed by atoms with Gasteiger partial charge in [-0.1, -0.05) is 12.8 Å². The Morgan fingerprint density at radius 3 is 2.93 bits per heavy atom. The second kappa shape index (κ2) is 8.11. The summed E-state index contributed by atoms with van der Waals surface area (Å²) in [6.45, 7) is 2.06. The van der Waals surface area contributed by atoms with E-state index in [4.69, 9.17) is 0 Å². The number of carbonyl (C=O) groups excluding carboxylic acids is 1. The van der Waals surface area contributed by atoms with Crippen LogP contribution in [0.5, 0.6) is 0 Å². The summed E-state index contributed by atoms with van der Waals surface area (Å²) in [5.74, 6) is 0.608. The highest BCUT2D eigenvalue weighted by atomic mass is 32.2. The van der Waals surface area contributed by atoms with Crippen molar-refractivity contribution < 1.29 is 8.68 Å². The first-order valence-electron chi connectivity index (χ1n) is 5.81. The number of rotatable bonds is 7. The second-order valence-corrected chi connectivity index (χ2v) is 4.74. The lowest BCUT2D eigenvalue weighted by atomic mass is 10.0. The Hall–Kier alpha value is -0.0900. The maximum atomic E-state index is 11.8. The van der Waals surface area contributed by atoms with E-state index in [2.05, 4.69) is 4.90 Å². The van der Waals surface area contributed by atoms with E-state index in [0.29, 0.717) is 17.9 Å². The van der Waals surface area contributed by atoms with Gasteiger partial charge in [-0.15, -0.1) is 0 Å². The van der Waals surface area contributed by atoms with Crippen LogP contribution in [0.2, 0.25) is 0 Å². The molecule has 1 heterocycles. The fourth-order valence-corrected chi connectivity index (χ4v) is 2.41. The van der Waals surface area contributed by atoms with Crippen LogP contribution in [0.1, 0.15) is 38.5 Å². The van der Waals surface area contributed by atoms with Gasteiger partial charge in [0.15, 0.2) is 0 Å². The summed E-state index contributed by atoms with van der Waals surface area (Å²) in [7, 11) is 0. The molecule has 0 saturated carbocycles. The van der Waals surface area contributed by atoms with Gasteiger partial charge in [-0.3, -0.25) is 4.90 Å². The van der Waals surface area contributed by atoms with Crippen LogP contribution in [0.25, 0.3) is 0 Å². The van der Waals surface area contributed by atoms with Crippen LogP contribution in [0.15, 0.2) is 0 Å². The number of carbonyl (C=O) groups is 1. The van der Waals surface area contributed by atoms with Gasteiger partial charge in [0.1, 0.15) is 6.29 Å². The number of hydrogen-bond acceptors (Lipinski definition) is 3. The van der Waals surface area contributed by atoms with E-state index in [1.165, 1.54) is 12.8 Å². The van der Waals surface area contributed by atoms with Crippen LogP contribution in [0.3, 0.4) is 0 Å². The Kier molecular flexibility index (Phi) is 7.01. The van der Waals surface area contributed by atoms with Gasteiger partial charge in [0.25, 0.3) is 0 Å². The van der Waals surface area contributed by atoms with Crippen molar-refractivity contribution in [3.05, 3.63) is 0 Å². The molecule has 0 spiro atoms. The van der Waals surface area contributed by atoms with Crippen LogP contribution >= 0.6 is 12.1 Å². The Bertz CT molecular complexity index is 180. The van der Waals surface area contributed by atoms with Crippen molar-refractivity contribution in [2.24, 2.45) is 0 Å². The lowest BCUT2D eigenvalue weighted by Gasteiger charge is -2.32. The molecule has 1 atom stereocenters. The first kappa shape index (κ1) is 13.0. The molecule has 1 aliphatic rings. The molecule has 1 rings (SSSR count). The number of nitrogens with zero attached hydrogens (tertiary/aromatic N) is 1. The van der Waals surface area contributed by atoms with Crippen molar-refractivity contribution in [2.75, 3.05) is 18.8 Å². The number of unbranched alkanes of at least 4 members (excludes halogenated alkanes) is 2. The van der Waals surface area contributed by atoms with Crippen molar-refractivity contribution in [3.8, 4) is 0 Å². The van der Waals surface area contributed by atoms with E-state index in [0.717, 1.165) is 45.1 Å². The SMILES string of the molecule is O=CC1CCCCN1CCCCCSF. The predicted octanol–water partition coefficient (Wildman–Crippen LogP) is 2.83. The van der Waals surface area contributed by atoms with Gasteiger partial charge in [0.05, 0.1) is 6.04 Å². The predicted molar refractivity (Wildman–Crippen MR) is 62.7 cm³/mol. The van der Waals surface area contributed by atoms with Gasteiger partial charge in [0.2, 0.25) is 0 Å². The zero-order valence-corrected chi connectivity index (χ0v) is 9.98. The van der Waals surface area contributed by atoms with Crippen molar-refractivity contribution in [1.29, 1.82) is 0 Å². The van der Waals surface area contributed by atoms with Gasteiger partial charge >= 0.3 is 0 Å². The van der Waals surface area contributed by atoms with E-state index in [1.54, 1.807) is 0 Å². The topological polar surface area (TPSA) is 20.3 Å². The minimum absolute atomic E-state index is 0.148. The smallest absolute Gasteiger partial charge is 0.137 e. The molecule has 0 aromatic carbocycles. The molecule has 0 bridgehead atoms. The van der Waals surface area contributed by atoms with Gasteiger partial charge in [-0.2, -0.15) is 3.89 Å². The molecule has 88 valence electrons. The highest BCUT2D eigenvalue weighted by molar-refractivity contribution is 7.94. The van der Waals surface area contributed by atoms with Crippen LogP contribution in [-0.4, -0.2) is 36.1 Å². The minimum atomic E-state index is 0.148. The molecule has 1 unspecified atom stereocenters. The molecular weight excluding hydrogens is 213 g/mol. The molecule has 0 aromatic heterocycles. The quantitative estimate of drug-likeness (QED) is 0.498. The van der Waals surface area contributed by atoms with Gasteiger partial charge < -0.3 is 4.79 Å². The minimum Gasteiger partial charge on any atom is -0.302 e. The average Bonchev–Trinajstić information content (AvgIpc) is 2.29. The standard InChI is InChI=1S/C11H20FNOS/c12-15-9-5-1-3-7-13-8-4-2-6-11(13)10-14/h10-11H,1-9H2. The molecule has 0 aromatic rings. The zero-order chi connectivity index (χ0) is 10.9. The van der Waals surface area contributed by atoms with Crippen molar-refractivity contribution in [2.45, 2.75) is 44.6 Å². The average molecular weight is 233 g/mol. The van der Waals surface area contributed by atoms with Gasteiger partial charge in [0, 0.05) is 17.9 Å². The van der Waals surface area contributed by atoms with Gasteiger partial charge in [-0.05, 0) is 38.8 Å². The lowest BCUT2D eigenvalue weighted by molar-refractivity contribution is -0.113. The van der Waals surface area contributed by atoms with E-state index in [1.807, 2.05) is 0 Å². The Labute approximate surface area is 95.9 Å². The molecule has 0 N–H and O–H groups in total. The van der Waals surface area contributed by atoms with Crippen LogP contribution in [0, 0.1) is 0 Å². The fourth-order valence-electron chi connectivity index (χ4n) is 2.10. The summed E-state index contributed by atoms with van der Waals surface area (Å²) in [6, 6.07) is 0.148. The van der Waals surface area contributed by atoms with Crippen LogP contribution in [0.4, 0.5) is 3.89 Å². The fraction of sp³-hybridized carbons (Fsp3) is 0.909. The molecule has 15 heavy (non-hydrogen) atoms. The first-order chi connectivity index (χ1) is 7.38. The maximum absolute atomic E-state index is 11.8. The molecule has 1 aliphatic heterocycles. The third-order valence-corrected chi connectivity index (χ3v) is 3.43. The van der Waals surface area contributed by atoms with Crippen molar-refractivity contribution >= 4 is 18.4 Å². The van der Waals surface area contributed by atoms with Crippen molar-refractivity contribution in [1.82, 2.24) is 4.90 Å². The molecule has 2 nitrogen and oxygen atoms in total. The highest BCUT2D eigenvalue weighted by Crippen LogP contribution is 2.16. The molecule has 1 saturated heterocycles. The van der Waals surface area contributed by atoms with Crippen LogP contribution in [-0.2, 0) is 4.79 Å². The summed E-state index contributed by atoms with van der Waals surface area (Å²) in [5, 5.41) is 0. The normalized spacial score (nSPS) is 22.9. The van der Waals surface area contributed by atoms with E-state index in [9.17, 15) is 8.68 Å². The van der Waals surface area contributed by atoms with Crippen molar-refractivity contribution in [3.63, 3.8) is 0 Å². The summed E-state index contributed by atoms with van der Waals surface area (Å²) in [5.41, 5.74) is 0. The second-order valence-electron chi connectivity index (χ2n) is 4.11. The largest absolute Gasteiger partial charge is 0.302 e. The molecular formula is C11H20FNOS. The van der Waals surface area contributed by atoms with E-state index in [-0.39, 0.29) is 6.04 Å². The number of likely N-dealkylation sites (tertiary alicyclic amines) is 1. The van der Waals surface area contributed by atoms with Gasteiger partial charge in [-0.25, -0.2) is 0 Å². The van der Waals surface area contributed by atoms with Crippen LogP contribution < -0.4 is 0 Å². The highest BCUT2D eigenvalue weighted by Gasteiger charge is 2.20. The van der Waals surface area contributed by atoms with E-state index < -0.39 is 0 Å². The molecule has 4 heteroatoms. The molecule has 1 fully saturated rings. The third-order valence-electron chi connectivity index (χ3n) is 2.99. The maximum Gasteiger partial charge on any atom is 0.137 e. The monoisotopic (exact) mass is 233 g/mol. The summed E-state index contributed by atoms with van der Waals surface area (Å²) >= 11 is 0.423. The number of aldehydes is 1. The number of hydrogen-bond donors (Lipinski definition) is 0. The Morgan fingerprint density at radius 2 is 2.20 bits per heavy atom. The molecule has 0 aliphatic carbocycles. The summed E-state index contributed by atoms with van der Waals surface area (Å²) in [4.78, 5) is 13.1. The first-order valence-corrected chi connectivity index (χ1v) is 6.70. The summed E-state index contributed by atoms with van der Waals surface area (Å²) in [6.07, 6.45) is 7.59. The Morgan fingerprint density at radius 1 is 1.33 bits per heavy atom. The third kappa shape index (κ3) is 4.98. The van der Waals surface area contributed by atoms with E-state index >= 15 is 0 Å². The lowest BCUT2D eigenvalue weighted by Crippen LogP contribution is -2.40.